The third-order valence-corrected chi connectivity index (χ3v) is 3.55. The number of hydrogen-bond donors (Lipinski definition) is 2. The third kappa shape index (κ3) is 5.14. The smallest absolute Gasteiger partial charge is 0.234 e. The van der Waals surface area contributed by atoms with Crippen LogP contribution in [0.3, 0.4) is 0 Å². The van der Waals surface area contributed by atoms with Crippen molar-refractivity contribution in [1.29, 1.82) is 0 Å². The van der Waals surface area contributed by atoms with Crippen LogP contribution in [0.5, 0.6) is 0 Å². The van der Waals surface area contributed by atoms with Gasteiger partial charge in [-0.25, -0.2) is 8.42 Å². The lowest BCUT2D eigenvalue weighted by Gasteiger charge is -2.10. The van der Waals surface area contributed by atoms with Gasteiger partial charge in [0.2, 0.25) is 10.0 Å². The van der Waals surface area contributed by atoms with Crippen molar-refractivity contribution >= 4 is 15.7 Å². The normalized spacial score (nSPS) is 11.4. The number of pyridine rings is 1. The Kier molecular flexibility index (Phi) is 5.37. The van der Waals surface area contributed by atoms with Crippen molar-refractivity contribution in [2.24, 2.45) is 0 Å². The van der Waals surface area contributed by atoms with E-state index in [0.29, 0.717) is 12.2 Å². The fourth-order valence-corrected chi connectivity index (χ4v) is 2.36. The van der Waals surface area contributed by atoms with E-state index in [9.17, 15) is 8.42 Å². The van der Waals surface area contributed by atoms with Crippen LogP contribution in [0.2, 0.25) is 0 Å². The van der Waals surface area contributed by atoms with Crippen LogP contribution in [-0.4, -0.2) is 32.2 Å². The van der Waals surface area contributed by atoms with Crippen LogP contribution in [0.1, 0.15) is 18.9 Å². The molecule has 0 atom stereocenters. The molecule has 0 saturated heterocycles. The number of hydrogen-bond acceptors (Lipinski definition) is 4. The summed E-state index contributed by atoms with van der Waals surface area (Å²) in [6.45, 7) is 5.18. The Hall–Kier alpha value is -1.14. The zero-order chi connectivity index (χ0) is 12.7. The van der Waals surface area contributed by atoms with Crippen LogP contribution in [0.15, 0.2) is 18.5 Å². The number of aryl methyl sites for hydroxylation is 1. The van der Waals surface area contributed by atoms with E-state index in [0.717, 1.165) is 18.5 Å². The van der Waals surface area contributed by atoms with Crippen LogP contribution in [0.25, 0.3) is 0 Å². The van der Waals surface area contributed by atoms with Gasteiger partial charge in [-0.15, -0.1) is 0 Å². The van der Waals surface area contributed by atoms with Crippen molar-refractivity contribution < 1.29 is 8.42 Å². The summed E-state index contributed by atoms with van der Waals surface area (Å²) in [7, 11) is -3.29. The second-order valence-corrected chi connectivity index (χ2v) is 5.70. The van der Waals surface area contributed by atoms with Gasteiger partial charge in [0.1, 0.15) is 0 Å². The quantitative estimate of drug-likeness (QED) is 0.718. The highest BCUT2D eigenvalue weighted by Gasteiger charge is 2.11. The van der Waals surface area contributed by atoms with E-state index >= 15 is 0 Å². The van der Waals surface area contributed by atoms with E-state index < -0.39 is 10.0 Å². The summed E-state index contributed by atoms with van der Waals surface area (Å²) in [6.07, 6.45) is 4.15. The van der Waals surface area contributed by atoms with Crippen molar-refractivity contribution in [2.45, 2.75) is 20.3 Å². The molecule has 0 saturated carbocycles. The van der Waals surface area contributed by atoms with Gasteiger partial charge >= 0.3 is 0 Å². The number of sulfonamides is 1. The zero-order valence-electron chi connectivity index (χ0n) is 10.2. The fourth-order valence-electron chi connectivity index (χ4n) is 1.30. The Labute approximate surface area is 103 Å². The van der Waals surface area contributed by atoms with Gasteiger partial charge < -0.3 is 5.32 Å². The fraction of sp³-hybridized carbons (Fsp3) is 0.545. The van der Waals surface area contributed by atoms with Gasteiger partial charge in [0, 0.05) is 12.7 Å². The lowest BCUT2D eigenvalue weighted by molar-refractivity contribution is 0.595. The predicted octanol–water partition coefficient (Wildman–Crippen LogP) is 1.13. The first kappa shape index (κ1) is 13.9. The first-order chi connectivity index (χ1) is 8.05. The highest BCUT2D eigenvalue weighted by atomic mass is 32.2. The molecule has 0 fully saturated rings. The molecule has 1 aromatic rings. The second kappa shape index (κ2) is 6.56. The third-order valence-electron chi connectivity index (χ3n) is 2.28. The zero-order valence-corrected chi connectivity index (χ0v) is 11.0. The lowest BCUT2D eigenvalue weighted by Crippen LogP contribution is -2.27. The van der Waals surface area contributed by atoms with E-state index in [4.69, 9.17) is 0 Å². The number of nitrogens with one attached hydrogen (secondary N) is 2. The largest absolute Gasteiger partial charge is 0.316 e. The van der Waals surface area contributed by atoms with Gasteiger partial charge in [0.25, 0.3) is 0 Å². The van der Waals surface area contributed by atoms with Gasteiger partial charge in [-0.2, -0.15) is 0 Å². The maximum Gasteiger partial charge on any atom is 0.234 e. The molecule has 1 heterocycles. The molecule has 0 aliphatic rings. The number of aromatic nitrogens is 1. The molecule has 0 bridgehead atoms. The van der Waals surface area contributed by atoms with E-state index in [2.05, 4.69) is 15.0 Å². The maximum atomic E-state index is 11.7. The minimum absolute atomic E-state index is 0.0708. The molecule has 1 rings (SSSR count). The van der Waals surface area contributed by atoms with Crippen molar-refractivity contribution in [1.82, 2.24) is 10.3 Å². The molecule has 1 aromatic heterocycles. The van der Waals surface area contributed by atoms with Crippen molar-refractivity contribution in [3.63, 3.8) is 0 Å². The molecule has 0 amide bonds. The Bertz CT molecular complexity index is 446. The molecule has 6 heteroatoms. The topological polar surface area (TPSA) is 71.1 Å². The monoisotopic (exact) mass is 257 g/mol. The predicted molar refractivity (Wildman–Crippen MR) is 69.5 cm³/mol. The summed E-state index contributed by atoms with van der Waals surface area (Å²) in [5, 5.41) is 3.06. The van der Waals surface area contributed by atoms with Crippen LogP contribution < -0.4 is 10.0 Å². The average molecular weight is 257 g/mol. The van der Waals surface area contributed by atoms with Crippen molar-refractivity contribution in [3.8, 4) is 0 Å². The van der Waals surface area contributed by atoms with Crippen LogP contribution in [0, 0.1) is 6.92 Å². The molecule has 2 N–H and O–H groups in total. The summed E-state index contributed by atoms with van der Waals surface area (Å²) < 4.78 is 26.0. The highest BCUT2D eigenvalue weighted by molar-refractivity contribution is 7.92. The summed E-state index contributed by atoms with van der Waals surface area (Å²) in [5.41, 5.74) is 1.41. The molecule has 0 aliphatic heterocycles. The minimum Gasteiger partial charge on any atom is -0.316 e. The molecule has 0 radical (unpaired) electrons. The van der Waals surface area contributed by atoms with Crippen LogP contribution >= 0.6 is 0 Å². The average Bonchev–Trinajstić information content (AvgIpc) is 2.28. The van der Waals surface area contributed by atoms with Gasteiger partial charge in [0.05, 0.1) is 17.6 Å². The van der Waals surface area contributed by atoms with E-state index in [-0.39, 0.29) is 5.75 Å². The maximum absolute atomic E-state index is 11.7. The molecular weight excluding hydrogens is 238 g/mol. The number of anilines is 1. The summed E-state index contributed by atoms with van der Waals surface area (Å²) in [4.78, 5) is 3.90. The van der Waals surface area contributed by atoms with Crippen molar-refractivity contribution in [2.75, 3.05) is 23.6 Å². The Morgan fingerprint density at radius 2 is 2.12 bits per heavy atom. The Morgan fingerprint density at radius 3 is 2.76 bits per heavy atom. The minimum atomic E-state index is -3.29. The number of nitrogens with zero attached hydrogens (tertiary/aromatic N) is 1. The molecule has 0 aromatic carbocycles. The van der Waals surface area contributed by atoms with E-state index in [1.807, 2.05) is 13.8 Å². The Morgan fingerprint density at radius 1 is 1.35 bits per heavy atom. The van der Waals surface area contributed by atoms with Gasteiger partial charge in [-0.1, -0.05) is 6.92 Å². The van der Waals surface area contributed by atoms with Crippen LogP contribution in [0.4, 0.5) is 5.69 Å². The summed E-state index contributed by atoms with van der Waals surface area (Å²) >= 11 is 0. The number of rotatable bonds is 7. The standard InChI is InChI=1S/C11H19N3O2S/c1-3-5-12-7-8-17(15,16)14-11-9-13-6-4-10(11)2/h4,6,9,12,14H,3,5,7-8H2,1-2H3. The second-order valence-electron chi connectivity index (χ2n) is 3.86. The SMILES string of the molecule is CCCNCCS(=O)(=O)Nc1cnccc1C. The summed E-state index contributed by atoms with van der Waals surface area (Å²) in [5.74, 6) is 0.0708. The molecule has 5 nitrogen and oxygen atoms in total. The van der Waals surface area contributed by atoms with Gasteiger partial charge in [0.15, 0.2) is 0 Å². The molecular formula is C11H19N3O2S. The molecule has 0 aliphatic carbocycles. The lowest BCUT2D eigenvalue weighted by atomic mass is 10.3. The van der Waals surface area contributed by atoms with Crippen molar-refractivity contribution in [3.05, 3.63) is 24.0 Å². The van der Waals surface area contributed by atoms with Crippen LogP contribution in [-0.2, 0) is 10.0 Å². The first-order valence-electron chi connectivity index (χ1n) is 5.67. The molecule has 0 spiro atoms. The highest BCUT2D eigenvalue weighted by Crippen LogP contribution is 2.13. The first-order valence-corrected chi connectivity index (χ1v) is 7.32. The van der Waals surface area contributed by atoms with E-state index in [1.54, 1.807) is 12.3 Å². The van der Waals surface area contributed by atoms with Gasteiger partial charge in [-0.05, 0) is 31.5 Å². The Balaban J connectivity index is 2.52. The molecule has 96 valence electrons. The van der Waals surface area contributed by atoms with E-state index in [1.165, 1.54) is 6.20 Å². The van der Waals surface area contributed by atoms with Gasteiger partial charge in [-0.3, -0.25) is 9.71 Å². The molecule has 17 heavy (non-hydrogen) atoms. The summed E-state index contributed by atoms with van der Waals surface area (Å²) in [6, 6.07) is 1.77. The molecule has 0 unspecified atom stereocenters.